The summed E-state index contributed by atoms with van der Waals surface area (Å²) in [5, 5.41) is 2.42. The van der Waals surface area contributed by atoms with Crippen LogP contribution in [-0.4, -0.2) is 7.11 Å². The Hall–Kier alpha value is -1.80. The SMILES string of the molecule is COc1ccc2cc(C(Br)c3cccc(C)c3)ccc2c1. The smallest absolute Gasteiger partial charge is 0.119 e. The van der Waals surface area contributed by atoms with Gasteiger partial charge in [0.25, 0.3) is 0 Å². The topological polar surface area (TPSA) is 9.23 Å². The van der Waals surface area contributed by atoms with Gasteiger partial charge < -0.3 is 4.74 Å². The molecule has 0 aliphatic rings. The molecule has 0 spiro atoms. The lowest BCUT2D eigenvalue weighted by Crippen LogP contribution is -1.93. The van der Waals surface area contributed by atoms with Gasteiger partial charge in [0.1, 0.15) is 5.75 Å². The van der Waals surface area contributed by atoms with E-state index in [9.17, 15) is 0 Å². The van der Waals surface area contributed by atoms with E-state index >= 15 is 0 Å². The van der Waals surface area contributed by atoms with Crippen LogP contribution in [0.25, 0.3) is 10.8 Å². The quantitative estimate of drug-likeness (QED) is 0.560. The van der Waals surface area contributed by atoms with Crippen LogP contribution in [0.5, 0.6) is 5.75 Å². The number of hydrogen-bond donors (Lipinski definition) is 0. The molecule has 0 bridgehead atoms. The van der Waals surface area contributed by atoms with E-state index in [1.54, 1.807) is 7.11 Å². The molecule has 0 radical (unpaired) electrons. The van der Waals surface area contributed by atoms with Gasteiger partial charge in [-0.25, -0.2) is 0 Å². The van der Waals surface area contributed by atoms with Crippen LogP contribution in [-0.2, 0) is 0 Å². The highest BCUT2D eigenvalue weighted by Crippen LogP contribution is 2.33. The van der Waals surface area contributed by atoms with Crippen molar-refractivity contribution in [1.82, 2.24) is 0 Å². The standard InChI is InChI=1S/C19H17BrO/c1-13-4-3-5-16(10-13)19(20)17-7-6-15-12-18(21-2)9-8-14(15)11-17/h3-12,19H,1-2H3. The number of rotatable bonds is 3. The third kappa shape index (κ3) is 2.96. The molecule has 0 N–H and O–H groups in total. The van der Waals surface area contributed by atoms with Gasteiger partial charge in [0.2, 0.25) is 0 Å². The summed E-state index contributed by atoms with van der Waals surface area (Å²) in [7, 11) is 1.70. The molecule has 3 rings (SSSR count). The maximum absolute atomic E-state index is 5.27. The summed E-state index contributed by atoms with van der Waals surface area (Å²) in [5.74, 6) is 0.893. The van der Waals surface area contributed by atoms with Crippen LogP contribution < -0.4 is 4.74 Å². The molecule has 0 fully saturated rings. The van der Waals surface area contributed by atoms with Crippen molar-refractivity contribution in [2.45, 2.75) is 11.8 Å². The Bertz CT molecular complexity index is 779. The van der Waals surface area contributed by atoms with E-state index in [0.717, 1.165) is 5.75 Å². The lowest BCUT2D eigenvalue weighted by molar-refractivity contribution is 0.415. The minimum atomic E-state index is 0.212. The maximum atomic E-state index is 5.27. The van der Waals surface area contributed by atoms with Gasteiger partial charge in [-0.1, -0.05) is 64.0 Å². The fourth-order valence-corrected chi connectivity index (χ4v) is 3.12. The first-order valence-corrected chi connectivity index (χ1v) is 7.87. The van der Waals surface area contributed by atoms with Crippen molar-refractivity contribution in [2.24, 2.45) is 0 Å². The molecule has 106 valence electrons. The predicted molar refractivity (Wildman–Crippen MR) is 92.4 cm³/mol. The zero-order valence-electron chi connectivity index (χ0n) is 12.1. The Labute approximate surface area is 133 Å². The summed E-state index contributed by atoms with van der Waals surface area (Å²) >= 11 is 3.82. The molecule has 0 amide bonds. The summed E-state index contributed by atoms with van der Waals surface area (Å²) in [6.07, 6.45) is 0. The van der Waals surface area contributed by atoms with E-state index in [-0.39, 0.29) is 4.83 Å². The molecule has 2 heteroatoms. The predicted octanol–water partition coefficient (Wildman–Crippen LogP) is 5.64. The van der Waals surface area contributed by atoms with E-state index in [4.69, 9.17) is 4.74 Å². The molecule has 3 aromatic rings. The minimum absolute atomic E-state index is 0.212. The van der Waals surface area contributed by atoms with Crippen molar-refractivity contribution in [3.8, 4) is 5.75 Å². The zero-order chi connectivity index (χ0) is 14.8. The molecule has 0 saturated carbocycles. The molecule has 1 unspecified atom stereocenters. The van der Waals surface area contributed by atoms with Gasteiger partial charge in [-0.2, -0.15) is 0 Å². The number of halogens is 1. The van der Waals surface area contributed by atoms with Crippen molar-refractivity contribution in [1.29, 1.82) is 0 Å². The van der Waals surface area contributed by atoms with Crippen molar-refractivity contribution in [3.05, 3.63) is 77.4 Å². The second-order valence-electron chi connectivity index (χ2n) is 5.25. The van der Waals surface area contributed by atoms with Crippen LogP contribution in [0.3, 0.4) is 0 Å². The van der Waals surface area contributed by atoms with Crippen LogP contribution in [0.1, 0.15) is 21.5 Å². The number of benzene rings is 3. The van der Waals surface area contributed by atoms with Crippen LogP contribution in [0.15, 0.2) is 60.7 Å². The van der Waals surface area contributed by atoms with E-state index in [1.807, 2.05) is 6.07 Å². The monoisotopic (exact) mass is 340 g/mol. The van der Waals surface area contributed by atoms with E-state index in [0.29, 0.717) is 0 Å². The van der Waals surface area contributed by atoms with Gasteiger partial charge in [-0.3, -0.25) is 0 Å². The summed E-state index contributed by atoms with van der Waals surface area (Å²) in [4.78, 5) is 0.212. The first kappa shape index (κ1) is 14.2. The number of ether oxygens (including phenoxy) is 1. The second kappa shape index (κ2) is 5.90. The van der Waals surface area contributed by atoms with E-state index < -0.39 is 0 Å². The van der Waals surface area contributed by atoms with Gasteiger partial charge in [0, 0.05) is 0 Å². The molecular weight excluding hydrogens is 324 g/mol. The van der Waals surface area contributed by atoms with Crippen LogP contribution in [0.2, 0.25) is 0 Å². The number of aryl methyl sites for hydroxylation is 1. The summed E-state index contributed by atoms with van der Waals surface area (Å²) in [6.45, 7) is 2.12. The van der Waals surface area contributed by atoms with E-state index in [2.05, 4.69) is 77.5 Å². The van der Waals surface area contributed by atoms with Gasteiger partial charge in [0.15, 0.2) is 0 Å². The lowest BCUT2D eigenvalue weighted by atomic mass is 10.00. The Morgan fingerprint density at radius 2 is 1.57 bits per heavy atom. The average Bonchev–Trinajstić information content (AvgIpc) is 2.53. The van der Waals surface area contributed by atoms with Crippen molar-refractivity contribution in [3.63, 3.8) is 0 Å². The highest BCUT2D eigenvalue weighted by atomic mass is 79.9. The molecule has 0 aromatic heterocycles. The number of alkyl halides is 1. The highest BCUT2D eigenvalue weighted by molar-refractivity contribution is 9.09. The van der Waals surface area contributed by atoms with Gasteiger partial charge in [-0.15, -0.1) is 0 Å². The van der Waals surface area contributed by atoms with Crippen molar-refractivity contribution >= 4 is 26.7 Å². The molecule has 0 heterocycles. The second-order valence-corrected chi connectivity index (χ2v) is 6.16. The third-order valence-electron chi connectivity index (χ3n) is 3.70. The lowest BCUT2D eigenvalue weighted by Gasteiger charge is -2.13. The molecule has 3 aromatic carbocycles. The third-order valence-corrected chi connectivity index (χ3v) is 4.76. The molecule has 1 atom stereocenters. The Morgan fingerprint density at radius 1 is 0.857 bits per heavy atom. The minimum Gasteiger partial charge on any atom is -0.497 e. The van der Waals surface area contributed by atoms with Crippen molar-refractivity contribution < 1.29 is 4.74 Å². The molecule has 0 aliphatic carbocycles. The molecule has 1 nitrogen and oxygen atoms in total. The van der Waals surface area contributed by atoms with E-state index in [1.165, 1.54) is 27.5 Å². The van der Waals surface area contributed by atoms with Gasteiger partial charge >= 0.3 is 0 Å². The average molecular weight is 341 g/mol. The number of methoxy groups -OCH3 is 1. The molecule has 21 heavy (non-hydrogen) atoms. The Kier molecular flexibility index (Phi) is 3.98. The molecule has 0 aliphatic heterocycles. The normalized spacial score (nSPS) is 12.3. The summed E-state index contributed by atoms with van der Waals surface area (Å²) in [5.41, 5.74) is 3.82. The van der Waals surface area contributed by atoms with Gasteiger partial charge in [0.05, 0.1) is 11.9 Å². The summed E-state index contributed by atoms with van der Waals surface area (Å²) in [6, 6.07) is 21.3. The Morgan fingerprint density at radius 3 is 2.33 bits per heavy atom. The zero-order valence-corrected chi connectivity index (χ0v) is 13.7. The fourth-order valence-electron chi connectivity index (χ4n) is 2.55. The summed E-state index contributed by atoms with van der Waals surface area (Å²) < 4.78 is 5.27. The largest absolute Gasteiger partial charge is 0.497 e. The van der Waals surface area contributed by atoms with Crippen LogP contribution in [0, 0.1) is 6.92 Å². The molecule has 0 saturated heterocycles. The Balaban J connectivity index is 2.00. The number of fused-ring (bicyclic) bond motifs is 1. The highest BCUT2D eigenvalue weighted by Gasteiger charge is 2.11. The van der Waals surface area contributed by atoms with Crippen LogP contribution >= 0.6 is 15.9 Å². The first-order chi connectivity index (χ1) is 10.2. The van der Waals surface area contributed by atoms with Crippen molar-refractivity contribution in [2.75, 3.05) is 7.11 Å². The number of hydrogen-bond acceptors (Lipinski definition) is 1. The first-order valence-electron chi connectivity index (χ1n) is 6.96. The maximum Gasteiger partial charge on any atom is 0.119 e. The van der Waals surface area contributed by atoms with Gasteiger partial charge in [-0.05, 0) is 47.0 Å². The molecular formula is C19H17BrO. The fraction of sp³-hybridized carbons (Fsp3) is 0.158. The van der Waals surface area contributed by atoms with Crippen LogP contribution in [0.4, 0.5) is 0 Å².